The van der Waals surface area contributed by atoms with E-state index >= 15 is 0 Å². The molecule has 8 heteroatoms. The van der Waals surface area contributed by atoms with Crippen LogP contribution in [0, 0.1) is 6.92 Å². The monoisotopic (exact) mass is 301 g/mol. The molecule has 0 aliphatic carbocycles. The summed E-state index contributed by atoms with van der Waals surface area (Å²) in [7, 11) is -1.69. The van der Waals surface area contributed by atoms with Gasteiger partial charge in [0.1, 0.15) is 9.97 Å². The van der Waals surface area contributed by atoms with Crippen LogP contribution < -0.4 is 10.0 Å². The normalized spacial score (nSPS) is 11.9. The summed E-state index contributed by atoms with van der Waals surface area (Å²) in [5.41, 5.74) is 0.944. The molecule has 2 aromatic rings. The SMILES string of the molecule is CNCc1csc(S(=O)(=O)NCc2ncc(C)o2)c1. The molecule has 2 rings (SSSR count). The second-order valence-corrected chi connectivity index (χ2v) is 6.90. The molecule has 6 nitrogen and oxygen atoms in total. The van der Waals surface area contributed by atoms with E-state index < -0.39 is 10.0 Å². The molecule has 2 N–H and O–H groups in total. The Labute approximate surface area is 115 Å². The highest BCUT2D eigenvalue weighted by Gasteiger charge is 2.17. The van der Waals surface area contributed by atoms with Gasteiger partial charge < -0.3 is 9.73 Å². The molecular formula is C11H15N3O3S2. The molecule has 0 aliphatic heterocycles. The first-order valence-electron chi connectivity index (χ1n) is 5.64. The first kappa shape index (κ1) is 14.2. The predicted molar refractivity (Wildman–Crippen MR) is 72.3 cm³/mol. The molecule has 0 radical (unpaired) electrons. The van der Waals surface area contributed by atoms with Crippen molar-refractivity contribution in [3.63, 3.8) is 0 Å². The number of rotatable bonds is 6. The molecule has 0 saturated carbocycles. The highest BCUT2D eigenvalue weighted by Crippen LogP contribution is 2.20. The molecule has 0 amide bonds. The fourth-order valence-corrected chi connectivity index (χ4v) is 3.73. The van der Waals surface area contributed by atoms with Crippen LogP contribution in [0.4, 0.5) is 0 Å². The van der Waals surface area contributed by atoms with Crippen molar-refractivity contribution < 1.29 is 12.8 Å². The van der Waals surface area contributed by atoms with Gasteiger partial charge in [-0.2, -0.15) is 0 Å². The third-order valence-electron chi connectivity index (χ3n) is 2.36. The number of oxazole rings is 1. The van der Waals surface area contributed by atoms with E-state index in [1.807, 2.05) is 12.4 Å². The van der Waals surface area contributed by atoms with E-state index in [0.29, 0.717) is 22.4 Å². The Bertz CT molecular complexity index is 646. The number of nitrogens with zero attached hydrogens (tertiary/aromatic N) is 1. The molecule has 0 saturated heterocycles. The Morgan fingerprint density at radius 3 is 2.84 bits per heavy atom. The van der Waals surface area contributed by atoms with E-state index in [-0.39, 0.29) is 6.54 Å². The Kier molecular flexibility index (Phi) is 4.35. The van der Waals surface area contributed by atoms with Gasteiger partial charge in [0, 0.05) is 6.54 Å². The molecule has 0 fully saturated rings. The van der Waals surface area contributed by atoms with E-state index in [0.717, 1.165) is 5.56 Å². The van der Waals surface area contributed by atoms with Crippen LogP contribution in [0.15, 0.2) is 26.3 Å². The molecule has 2 aromatic heterocycles. The van der Waals surface area contributed by atoms with Gasteiger partial charge in [-0.15, -0.1) is 11.3 Å². The van der Waals surface area contributed by atoms with Gasteiger partial charge in [-0.25, -0.2) is 18.1 Å². The topological polar surface area (TPSA) is 84.2 Å². The molecular weight excluding hydrogens is 286 g/mol. The molecule has 104 valence electrons. The molecule has 0 unspecified atom stereocenters. The maximum Gasteiger partial charge on any atom is 0.250 e. The van der Waals surface area contributed by atoms with Gasteiger partial charge in [-0.05, 0) is 31.0 Å². The van der Waals surface area contributed by atoms with Crippen LogP contribution in [-0.4, -0.2) is 20.4 Å². The summed E-state index contributed by atoms with van der Waals surface area (Å²) < 4.78 is 32.1. The van der Waals surface area contributed by atoms with Crippen LogP contribution in [0.3, 0.4) is 0 Å². The fraction of sp³-hybridized carbons (Fsp3) is 0.364. The van der Waals surface area contributed by atoms with Crippen LogP contribution in [0.2, 0.25) is 0 Å². The zero-order valence-electron chi connectivity index (χ0n) is 10.6. The van der Waals surface area contributed by atoms with Crippen LogP contribution in [0.25, 0.3) is 0 Å². The van der Waals surface area contributed by atoms with Crippen molar-refractivity contribution in [1.29, 1.82) is 0 Å². The summed E-state index contributed by atoms with van der Waals surface area (Å²) in [6, 6.07) is 1.66. The van der Waals surface area contributed by atoms with Crippen LogP contribution in [0.1, 0.15) is 17.2 Å². The lowest BCUT2D eigenvalue weighted by Crippen LogP contribution is -2.22. The van der Waals surface area contributed by atoms with Crippen molar-refractivity contribution in [3.8, 4) is 0 Å². The lowest BCUT2D eigenvalue weighted by atomic mass is 10.3. The molecule has 0 atom stereocenters. The Hall–Kier alpha value is -1.22. The minimum Gasteiger partial charge on any atom is -0.445 e. The van der Waals surface area contributed by atoms with Crippen molar-refractivity contribution in [2.75, 3.05) is 7.05 Å². The second kappa shape index (κ2) is 5.83. The number of thiophene rings is 1. The van der Waals surface area contributed by atoms with Crippen LogP contribution >= 0.6 is 11.3 Å². The minimum absolute atomic E-state index is 0.0510. The van der Waals surface area contributed by atoms with Gasteiger partial charge in [0.2, 0.25) is 5.89 Å². The lowest BCUT2D eigenvalue weighted by Gasteiger charge is -2.01. The smallest absolute Gasteiger partial charge is 0.250 e. The van der Waals surface area contributed by atoms with Gasteiger partial charge in [-0.3, -0.25) is 0 Å². The molecule has 0 spiro atoms. The first-order valence-corrected chi connectivity index (χ1v) is 8.00. The summed E-state index contributed by atoms with van der Waals surface area (Å²) in [6.45, 7) is 2.45. The minimum atomic E-state index is -3.51. The molecule has 19 heavy (non-hydrogen) atoms. The highest BCUT2D eigenvalue weighted by atomic mass is 32.2. The molecule has 0 bridgehead atoms. The van der Waals surface area contributed by atoms with Gasteiger partial charge in [0.15, 0.2) is 0 Å². The van der Waals surface area contributed by atoms with E-state index in [1.54, 1.807) is 19.2 Å². The summed E-state index contributed by atoms with van der Waals surface area (Å²) in [4.78, 5) is 3.95. The number of hydrogen-bond acceptors (Lipinski definition) is 6. The van der Waals surface area contributed by atoms with Crippen molar-refractivity contribution in [2.45, 2.75) is 24.2 Å². The Balaban J connectivity index is 2.04. The van der Waals surface area contributed by atoms with Gasteiger partial charge in [0.05, 0.1) is 12.7 Å². The van der Waals surface area contributed by atoms with Gasteiger partial charge in [-0.1, -0.05) is 0 Å². The third-order valence-corrected chi connectivity index (χ3v) is 5.25. The second-order valence-electron chi connectivity index (χ2n) is 3.99. The standard InChI is InChI=1S/C11H15N3O3S2/c1-8-4-13-10(17-8)6-14-19(15,16)11-3-9(5-12-2)7-18-11/h3-4,7,12,14H,5-6H2,1-2H3. The summed E-state index contributed by atoms with van der Waals surface area (Å²) in [6.07, 6.45) is 1.56. The predicted octanol–water partition coefficient (Wildman–Crippen LogP) is 1.24. The molecule has 2 heterocycles. The molecule has 0 aromatic carbocycles. The van der Waals surface area contributed by atoms with Gasteiger partial charge >= 0.3 is 0 Å². The fourth-order valence-electron chi connectivity index (χ4n) is 1.50. The highest BCUT2D eigenvalue weighted by molar-refractivity contribution is 7.91. The summed E-state index contributed by atoms with van der Waals surface area (Å²) >= 11 is 1.20. The van der Waals surface area contributed by atoms with Crippen LogP contribution in [0.5, 0.6) is 0 Å². The number of sulfonamides is 1. The third kappa shape index (κ3) is 3.63. The average molecular weight is 301 g/mol. The largest absolute Gasteiger partial charge is 0.445 e. The van der Waals surface area contributed by atoms with Crippen molar-refractivity contribution >= 4 is 21.4 Å². The lowest BCUT2D eigenvalue weighted by molar-refractivity contribution is 0.463. The van der Waals surface area contributed by atoms with Crippen LogP contribution in [-0.2, 0) is 23.1 Å². The van der Waals surface area contributed by atoms with E-state index in [1.165, 1.54) is 11.3 Å². The van der Waals surface area contributed by atoms with Crippen molar-refractivity contribution in [2.24, 2.45) is 0 Å². The maximum atomic E-state index is 12.0. The van der Waals surface area contributed by atoms with E-state index in [4.69, 9.17) is 4.42 Å². The Morgan fingerprint density at radius 1 is 1.42 bits per heavy atom. The van der Waals surface area contributed by atoms with Gasteiger partial charge in [0.25, 0.3) is 10.0 Å². The quantitative estimate of drug-likeness (QED) is 0.838. The van der Waals surface area contributed by atoms with Crippen molar-refractivity contribution in [1.82, 2.24) is 15.0 Å². The van der Waals surface area contributed by atoms with Crippen molar-refractivity contribution in [3.05, 3.63) is 34.9 Å². The summed E-state index contributed by atoms with van der Waals surface area (Å²) in [5, 5.41) is 4.80. The van der Waals surface area contributed by atoms with E-state index in [2.05, 4.69) is 15.0 Å². The zero-order chi connectivity index (χ0) is 13.9. The van der Waals surface area contributed by atoms with E-state index in [9.17, 15) is 8.42 Å². The Morgan fingerprint density at radius 2 is 2.21 bits per heavy atom. The number of nitrogens with one attached hydrogen (secondary N) is 2. The summed E-state index contributed by atoms with van der Waals surface area (Å²) in [5.74, 6) is 1.01. The number of aryl methyl sites for hydroxylation is 1. The molecule has 0 aliphatic rings. The maximum absolute atomic E-state index is 12.0. The first-order chi connectivity index (χ1) is 9.01. The average Bonchev–Trinajstić information content (AvgIpc) is 2.97. The number of aromatic nitrogens is 1. The zero-order valence-corrected chi connectivity index (χ0v) is 12.3. The number of hydrogen-bond donors (Lipinski definition) is 2.